The van der Waals surface area contributed by atoms with Crippen LogP contribution in [0.25, 0.3) is 0 Å². The van der Waals surface area contributed by atoms with Gasteiger partial charge in [0.15, 0.2) is 0 Å². The van der Waals surface area contributed by atoms with Gasteiger partial charge in [0.1, 0.15) is 11.4 Å². The maximum Gasteiger partial charge on any atom is 0.410 e. The largest absolute Gasteiger partial charge is 0.497 e. The molecule has 7 nitrogen and oxygen atoms in total. The summed E-state index contributed by atoms with van der Waals surface area (Å²) >= 11 is 0. The molecule has 1 fully saturated rings. The third-order valence-electron chi connectivity index (χ3n) is 4.37. The summed E-state index contributed by atoms with van der Waals surface area (Å²) in [5, 5.41) is 0. The maximum atomic E-state index is 12.3. The molecule has 1 amide bonds. The van der Waals surface area contributed by atoms with Crippen molar-refractivity contribution < 1.29 is 22.7 Å². The van der Waals surface area contributed by atoms with Gasteiger partial charge in [-0.15, -0.1) is 0 Å². The third kappa shape index (κ3) is 7.38. The predicted octanol–water partition coefficient (Wildman–Crippen LogP) is 2.76. The molecule has 0 aliphatic carbocycles. The summed E-state index contributed by atoms with van der Waals surface area (Å²) in [5.74, 6) is 0.850. The van der Waals surface area contributed by atoms with E-state index in [-0.39, 0.29) is 17.8 Å². The summed E-state index contributed by atoms with van der Waals surface area (Å²) in [6.45, 7) is 7.08. The molecule has 0 bridgehead atoms. The van der Waals surface area contributed by atoms with E-state index in [2.05, 4.69) is 4.72 Å². The van der Waals surface area contributed by atoms with Crippen molar-refractivity contribution in [1.82, 2.24) is 9.62 Å². The van der Waals surface area contributed by atoms with Gasteiger partial charge in [-0.05, 0) is 57.2 Å². The van der Waals surface area contributed by atoms with Gasteiger partial charge in [-0.1, -0.05) is 12.1 Å². The highest BCUT2D eigenvalue weighted by Gasteiger charge is 2.27. The number of carbonyl (C=O) groups is 1. The van der Waals surface area contributed by atoms with E-state index in [9.17, 15) is 13.2 Å². The van der Waals surface area contributed by atoms with Crippen molar-refractivity contribution in [3.63, 3.8) is 0 Å². The minimum atomic E-state index is -3.40. The topological polar surface area (TPSA) is 84.9 Å². The molecule has 0 atom stereocenters. The SMILES string of the molecule is COc1ccc(CS(=O)(=O)NCC2CCN(C(=O)OC(C)(C)C)CC2)cc1. The van der Waals surface area contributed by atoms with Crippen LogP contribution in [0.1, 0.15) is 39.2 Å². The number of amides is 1. The second kappa shape index (κ2) is 8.93. The summed E-state index contributed by atoms with van der Waals surface area (Å²) in [7, 11) is -1.83. The zero-order chi connectivity index (χ0) is 20.1. The number of nitrogens with one attached hydrogen (secondary N) is 1. The fourth-order valence-electron chi connectivity index (χ4n) is 2.88. The van der Waals surface area contributed by atoms with Crippen molar-refractivity contribution in [2.75, 3.05) is 26.7 Å². The van der Waals surface area contributed by atoms with Gasteiger partial charge in [-0.25, -0.2) is 17.9 Å². The first-order valence-corrected chi connectivity index (χ1v) is 10.8. The summed E-state index contributed by atoms with van der Waals surface area (Å²) in [5.41, 5.74) is 0.202. The van der Waals surface area contributed by atoms with Crippen molar-refractivity contribution >= 4 is 16.1 Å². The Balaban J connectivity index is 1.77. The van der Waals surface area contributed by atoms with Crippen LogP contribution in [-0.4, -0.2) is 51.8 Å². The number of hydrogen-bond acceptors (Lipinski definition) is 5. The summed E-state index contributed by atoms with van der Waals surface area (Å²) in [4.78, 5) is 13.8. The van der Waals surface area contributed by atoms with Crippen molar-refractivity contribution in [1.29, 1.82) is 0 Å². The van der Waals surface area contributed by atoms with Crippen molar-refractivity contribution in [2.24, 2.45) is 5.92 Å². The monoisotopic (exact) mass is 398 g/mol. The fourth-order valence-corrected chi connectivity index (χ4v) is 4.11. The minimum Gasteiger partial charge on any atom is -0.497 e. The Labute approximate surface area is 162 Å². The van der Waals surface area contributed by atoms with Gasteiger partial charge in [0.25, 0.3) is 0 Å². The second-order valence-electron chi connectivity index (χ2n) is 7.87. The molecule has 1 N–H and O–H groups in total. The van der Waals surface area contributed by atoms with E-state index in [0.717, 1.165) is 12.8 Å². The Hall–Kier alpha value is -1.80. The Morgan fingerprint density at radius 1 is 1.19 bits per heavy atom. The Bertz CT molecular complexity index is 717. The average molecular weight is 399 g/mol. The lowest BCUT2D eigenvalue weighted by molar-refractivity contribution is 0.0185. The van der Waals surface area contributed by atoms with Gasteiger partial charge >= 0.3 is 6.09 Å². The van der Waals surface area contributed by atoms with Crippen LogP contribution in [0.2, 0.25) is 0 Å². The fraction of sp³-hybridized carbons (Fsp3) is 0.632. The first kappa shape index (κ1) is 21.5. The van der Waals surface area contributed by atoms with E-state index in [1.54, 1.807) is 36.3 Å². The molecule has 1 saturated heterocycles. The third-order valence-corrected chi connectivity index (χ3v) is 5.69. The van der Waals surface area contributed by atoms with Gasteiger partial charge < -0.3 is 14.4 Å². The number of rotatable bonds is 6. The molecule has 0 radical (unpaired) electrons. The number of nitrogens with zero attached hydrogens (tertiary/aromatic N) is 1. The van der Waals surface area contributed by atoms with E-state index < -0.39 is 15.6 Å². The Morgan fingerprint density at radius 2 is 1.78 bits per heavy atom. The van der Waals surface area contributed by atoms with E-state index in [4.69, 9.17) is 9.47 Å². The zero-order valence-electron chi connectivity index (χ0n) is 16.5. The van der Waals surface area contributed by atoms with Crippen molar-refractivity contribution in [3.8, 4) is 5.75 Å². The average Bonchev–Trinajstić information content (AvgIpc) is 2.59. The van der Waals surface area contributed by atoms with Gasteiger partial charge in [-0.3, -0.25) is 0 Å². The van der Waals surface area contributed by atoms with Gasteiger partial charge in [0.2, 0.25) is 10.0 Å². The molecule has 1 aliphatic heterocycles. The number of piperidine rings is 1. The van der Waals surface area contributed by atoms with Gasteiger partial charge in [-0.2, -0.15) is 0 Å². The number of ether oxygens (including phenoxy) is 2. The van der Waals surface area contributed by atoms with Gasteiger partial charge in [0.05, 0.1) is 12.9 Å². The van der Waals surface area contributed by atoms with E-state index >= 15 is 0 Å². The first-order valence-electron chi connectivity index (χ1n) is 9.16. The zero-order valence-corrected chi connectivity index (χ0v) is 17.3. The first-order chi connectivity index (χ1) is 12.6. The Morgan fingerprint density at radius 3 is 2.30 bits per heavy atom. The smallest absolute Gasteiger partial charge is 0.410 e. The standard InChI is InChI=1S/C19H30N2O5S/c1-19(2,3)26-18(22)21-11-9-15(10-12-21)13-20-27(23,24)14-16-5-7-17(25-4)8-6-16/h5-8,15,20H,9-14H2,1-4H3. The molecule has 8 heteroatoms. The Kier molecular flexibility index (Phi) is 7.11. The number of likely N-dealkylation sites (tertiary alicyclic amines) is 1. The molecule has 0 aromatic heterocycles. The highest BCUT2D eigenvalue weighted by atomic mass is 32.2. The lowest BCUT2D eigenvalue weighted by atomic mass is 9.97. The van der Waals surface area contributed by atoms with Crippen LogP contribution >= 0.6 is 0 Å². The lowest BCUT2D eigenvalue weighted by Gasteiger charge is -2.33. The number of methoxy groups -OCH3 is 1. The number of hydrogen-bond donors (Lipinski definition) is 1. The van der Waals surface area contributed by atoms with Crippen LogP contribution in [0.15, 0.2) is 24.3 Å². The predicted molar refractivity (Wildman–Crippen MR) is 104 cm³/mol. The molecule has 0 spiro atoms. The van der Waals surface area contributed by atoms with Crippen LogP contribution in [0.4, 0.5) is 4.79 Å². The summed E-state index contributed by atoms with van der Waals surface area (Å²) < 4.78 is 37.7. The van der Waals surface area contributed by atoms with Gasteiger partial charge in [0, 0.05) is 19.6 Å². The molecule has 1 aromatic carbocycles. The molecule has 1 aliphatic rings. The molecule has 1 aromatic rings. The highest BCUT2D eigenvalue weighted by Crippen LogP contribution is 2.20. The minimum absolute atomic E-state index is 0.0618. The molecule has 27 heavy (non-hydrogen) atoms. The number of sulfonamides is 1. The summed E-state index contributed by atoms with van der Waals surface area (Å²) in [6.07, 6.45) is 1.20. The van der Waals surface area contributed by atoms with Crippen LogP contribution in [0, 0.1) is 5.92 Å². The van der Waals surface area contributed by atoms with E-state index in [0.29, 0.717) is 30.9 Å². The van der Waals surface area contributed by atoms with Crippen molar-refractivity contribution in [3.05, 3.63) is 29.8 Å². The molecule has 1 heterocycles. The van der Waals surface area contributed by atoms with Crippen LogP contribution in [0.3, 0.4) is 0 Å². The number of carbonyl (C=O) groups excluding carboxylic acids is 1. The molecule has 0 saturated carbocycles. The molecule has 2 rings (SSSR count). The normalized spacial score (nSPS) is 16.2. The van der Waals surface area contributed by atoms with Crippen LogP contribution in [0.5, 0.6) is 5.75 Å². The summed E-state index contributed by atoms with van der Waals surface area (Å²) in [6, 6.07) is 6.99. The number of benzene rings is 1. The van der Waals surface area contributed by atoms with Crippen LogP contribution < -0.4 is 9.46 Å². The quantitative estimate of drug-likeness (QED) is 0.796. The maximum absolute atomic E-state index is 12.3. The van der Waals surface area contributed by atoms with E-state index in [1.807, 2.05) is 20.8 Å². The second-order valence-corrected chi connectivity index (χ2v) is 9.67. The molecule has 0 unspecified atom stereocenters. The lowest BCUT2D eigenvalue weighted by Crippen LogP contribution is -2.43. The highest BCUT2D eigenvalue weighted by molar-refractivity contribution is 7.88. The molecule has 152 valence electrons. The molecular formula is C19H30N2O5S. The van der Waals surface area contributed by atoms with E-state index in [1.165, 1.54) is 0 Å². The van der Waals surface area contributed by atoms with Crippen molar-refractivity contribution in [2.45, 2.75) is 45.0 Å². The van der Waals surface area contributed by atoms with Crippen LogP contribution in [-0.2, 0) is 20.5 Å². The molecular weight excluding hydrogens is 368 g/mol.